The van der Waals surface area contributed by atoms with Crippen molar-refractivity contribution in [3.8, 4) is 0 Å². The van der Waals surface area contributed by atoms with Gasteiger partial charge in [0.1, 0.15) is 6.54 Å². The number of nitrogens with zero attached hydrogens (tertiary/aromatic N) is 2. The topological polar surface area (TPSA) is 52.7 Å². The Morgan fingerprint density at radius 1 is 1.16 bits per heavy atom. The summed E-state index contributed by atoms with van der Waals surface area (Å²) >= 11 is 0. The van der Waals surface area contributed by atoms with Gasteiger partial charge in [-0.25, -0.2) is 0 Å². The number of hydrogen-bond acceptors (Lipinski definition) is 3. The van der Waals surface area contributed by atoms with E-state index >= 15 is 0 Å². The van der Waals surface area contributed by atoms with Gasteiger partial charge in [0.2, 0.25) is 0 Å². The fourth-order valence-electron chi connectivity index (χ4n) is 1.93. The Kier molecular flexibility index (Phi) is 5.60. The van der Waals surface area contributed by atoms with Crippen molar-refractivity contribution in [2.75, 3.05) is 32.7 Å². The molecule has 0 bridgehead atoms. The maximum Gasteiger partial charge on any atom is 0.402 e. The van der Waals surface area contributed by atoms with Gasteiger partial charge in [-0.1, -0.05) is 0 Å². The van der Waals surface area contributed by atoms with E-state index < -0.39 is 22.9 Å². The van der Waals surface area contributed by atoms with E-state index in [0.717, 1.165) is 10.8 Å². The van der Waals surface area contributed by atoms with Gasteiger partial charge in [0.15, 0.2) is 0 Å². The van der Waals surface area contributed by atoms with Crippen LogP contribution in [0.5, 0.6) is 0 Å². The molecule has 1 rings (SSSR count). The van der Waals surface area contributed by atoms with Crippen LogP contribution in [0.25, 0.3) is 0 Å². The molecule has 9 heteroatoms. The van der Waals surface area contributed by atoms with Gasteiger partial charge in [-0.15, -0.1) is 0 Å². The van der Waals surface area contributed by atoms with E-state index in [4.69, 9.17) is 0 Å². The minimum Gasteiger partial charge on any atom is -0.300 e. The Morgan fingerprint density at radius 2 is 1.79 bits per heavy atom. The molecular weight excluding hydrogens is 283 g/mol. The normalized spacial score (nSPS) is 20.7. The summed E-state index contributed by atoms with van der Waals surface area (Å²) in [5.74, 6) is 0. The van der Waals surface area contributed by atoms with Crippen molar-refractivity contribution in [1.29, 1.82) is 0 Å². The van der Waals surface area contributed by atoms with Gasteiger partial charge < -0.3 is 0 Å². The standard InChI is InChI=1S/C10H20F3N3O2S/c1-9(2)15-4-3-5-16(7-6-15)19(17,18)14-8-10(11,12)13/h9,14H,3-8H2,1-2H3. The predicted molar refractivity (Wildman–Crippen MR) is 65.9 cm³/mol. The number of alkyl halides is 3. The molecular formula is C10H20F3N3O2S. The van der Waals surface area contributed by atoms with Gasteiger partial charge in [0, 0.05) is 25.7 Å². The zero-order valence-corrected chi connectivity index (χ0v) is 11.9. The van der Waals surface area contributed by atoms with Crippen LogP contribution in [0, 0.1) is 0 Å². The Morgan fingerprint density at radius 3 is 2.32 bits per heavy atom. The van der Waals surface area contributed by atoms with Gasteiger partial charge in [-0.05, 0) is 26.8 Å². The smallest absolute Gasteiger partial charge is 0.300 e. The summed E-state index contributed by atoms with van der Waals surface area (Å²) in [5.41, 5.74) is 0. The quantitative estimate of drug-likeness (QED) is 0.836. The molecule has 0 amide bonds. The second-order valence-electron chi connectivity index (χ2n) is 4.82. The zero-order valence-electron chi connectivity index (χ0n) is 11.1. The molecule has 0 aromatic rings. The van der Waals surface area contributed by atoms with Crippen LogP contribution in [0.4, 0.5) is 13.2 Å². The van der Waals surface area contributed by atoms with Gasteiger partial charge in [-0.3, -0.25) is 4.90 Å². The number of hydrogen-bond donors (Lipinski definition) is 1. The first-order valence-electron chi connectivity index (χ1n) is 6.17. The molecule has 0 unspecified atom stereocenters. The molecule has 1 aliphatic rings. The second-order valence-corrected chi connectivity index (χ2v) is 6.58. The molecule has 5 nitrogen and oxygen atoms in total. The summed E-state index contributed by atoms with van der Waals surface area (Å²) in [5, 5.41) is 0. The highest BCUT2D eigenvalue weighted by atomic mass is 32.2. The van der Waals surface area contributed by atoms with Crippen molar-refractivity contribution in [3.63, 3.8) is 0 Å². The Balaban J connectivity index is 2.59. The third-order valence-electron chi connectivity index (χ3n) is 3.01. The third-order valence-corrected chi connectivity index (χ3v) is 4.57. The summed E-state index contributed by atoms with van der Waals surface area (Å²) in [6.07, 6.45) is -3.92. The molecule has 0 aromatic carbocycles. The molecule has 0 aromatic heterocycles. The molecule has 1 N–H and O–H groups in total. The zero-order chi connectivity index (χ0) is 14.7. The molecule has 1 heterocycles. The van der Waals surface area contributed by atoms with Crippen LogP contribution >= 0.6 is 0 Å². The third kappa shape index (κ3) is 5.64. The van der Waals surface area contributed by atoms with Crippen molar-refractivity contribution >= 4 is 10.2 Å². The maximum absolute atomic E-state index is 12.0. The first kappa shape index (κ1) is 16.7. The summed E-state index contributed by atoms with van der Waals surface area (Å²) < 4.78 is 62.3. The molecule has 0 radical (unpaired) electrons. The largest absolute Gasteiger partial charge is 0.402 e. The molecule has 1 saturated heterocycles. The molecule has 0 spiro atoms. The lowest BCUT2D eigenvalue weighted by molar-refractivity contribution is -0.121. The van der Waals surface area contributed by atoms with Crippen molar-refractivity contribution in [1.82, 2.24) is 13.9 Å². The molecule has 0 saturated carbocycles. The van der Waals surface area contributed by atoms with Gasteiger partial charge >= 0.3 is 6.18 Å². The summed E-state index contributed by atoms with van der Waals surface area (Å²) in [6, 6.07) is 0.297. The summed E-state index contributed by atoms with van der Waals surface area (Å²) in [7, 11) is -4.05. The number of halogens is 3. The number of rotatable bonds is 4. The van der Waals surface area contributed by atoms with Crippen LogP contribution < -0.4 is 4.72 Å². The van der Waals surface area contributed by atoms with E-state index in [1.54, 1.807) is 4.72 Å². The first-order valence-corrected chi connectivity index (χ1v) is 7.61. The van der Waals surface area contributed by atoms with E-state index in [0.29, 0.717) is 19.0 Å². The molecule has 1 fully saturated rings. The Hall–Kier alpha value is -0.380. The van der Waals surface area contributed by atoms with Crippen LogP contribution in [0.2, 0.25) is 0 Å². The highest BCUT2D eigenvalue weighted by Crippen LogP contribution is 2.14. The molecule has 114 valence electrons. The fraction of sp³-hybridized carbons (Fsp3) is 1.00. The Labute approximate surface area is 111 Å². The average molecular weight is 303 g/mol. The minimum absolute atomic E-state index is 0.214. The average Bonchev–Trinajstić information content (AvgIpc) is 2.51. The van der Waals surface area contributed by atoms with Crippen molar-refractivity contribution in [3.05, 3.63) is 0 Å². The van der Waals surface area contributed by atoms with E-state index in [9.17, 15) is 21.6 Å². The van der Waals surface area contributed by atoms with E-state index in [-0.39, 0.29) is 13.1 Å². The van der Waals surface area contributed by atoms with Crippen molar-refractivity contribution < 1.29 is 21.6 Å². The minimum atomic E-state index is -4.54. The summed E-state index contributed by atoms with van der Waals surface area (Å²) in [6.45, 7) is 4.23. The van der Waals surface area contributed by atoms with Gasteiger partial charge in [0.05, 0.1) is 0 Å². The second kappa shape index (κ2) is 6.38. The molecule has 1 aliphatic heterocycles. The van der Waals surface area contributed by atoms with E-state index in [2.05, 4.69) is 4.90 Å². The van der Waals surface area contributed by atoms with Crippen molar-refractivity contribution in [2.24, 2.45) is 0 Å². The highest BCUT2D eigenvalue weighted by Gasteiger charge is 2.32. The monoisotopic (exact) mass is 303 g/mol. The van der Waals surface area contributed by atoms with Crippen LogP contribution in [-0.4, -0.2) is 62.6 Å². The summed E-state index contributed by atoms with van der Waals surface area (Å²) in [4.78, 5) is 2.11. The predicted octanol–water partition coefficient (Wildman–Crippen LogP) is 0.799. The fourth-order valence-corrected chi connectivity index (χ4v) is 3.15. The SMILES string of the molecule is CC(C)N1CCCN(S(=O)(=O)NCC(F)(F)F)CC1. The van der Waals surface area contributed by atoms with Crippen LogP contribution in [0.15, 0.2) is 0 Å². The lowest BCUT2D eigenvalue weighted by Crippen LogP contribution is -2.45. The Bertz CT molecular complexity index is 384. The molecule has 0 aliphatic carbocycles. The molecule has 19 heavy (non-hydrogen) atoms. The lowest BCUT2D eigenvalue weighted by atomic mass is 10.3. The van der Waals surface area contributed by atoms with E-state index in [1.807, 2.05) is 13.8 Å². The lowest BCUT2D eigenvalue weighted by Gasteiger charge is -2.24. The van der Waals surface area contributed by atoms with Crippen LogP contribution in [0.1, 0.15) is 20.3 Å². The van der Waals surface area contributed by atoms with E-state index in [1.165, 1.54) is 0 Å². The highest BCUT2D eigenvalue weighted by molar-refractivity contribution is 7.87. The van der Waals surface area contributed by atoms with Gasteiger partial charge in [0.25, 0.3) is 10.2 Å². The molecule has 0 atom stereocenters. The number of nitrogens with one attached hydrogen (secondary N) is 1. The van der Waals surface area contributed by atoms with Crippen molar-refractivity contribution in [2.45, 2.75) is 32.5 Å². The maximum atomic E-state index is 12.0. The van der Waals surface area contributed by atoms with Gasteiger partial charge in [-0.2, -0.15) is 30.6 Å². The van der Waals surface area contributed by atoms with Crippen LogP contribution in [-0.2, 0) is 10.2 Å². The van der Waals surface area contributed by atoms with Crippen LogP contribution in [0.3, 0.4) is 0 Å². The first-order chi connectivity index (χ1) is 8.62.